The quantitative estimate of drug-likeness (QED) is 0.895. The lowest BCUT2D eigenvalue weighted by Gasteiger charge is -2.27. The van der Waals surface area contributed by atoms with E-state index in [0.717, 1.165) is 15.6 Å². The van der Waals surface area contributed by atoms with Gasteiger partial charge in [-0.05, 0) is 36.2 Å². The summed E-state index contributed by atoms with van der Waals surface area (Å²) in [5.74, 6) is -0.272. The van der Waals surface area contributed by atoms with E-state index in [9.17, 15) is 4.39 Å². The maximum atomic E-state index is 13.2. The Morgan fingerprint density at radius 2 is 1.82 bits per heavy atom. The molecule has 0 aliphatic heterocycles. The van der Waals surface area contributed by atoms with Crippen molar-refractivity contribution in [2.75, 3.05) is 0 Å². The standard InChI is InChI=1S/C14H13BrFN/c1-14(17,10-5-4-6-11(16)9-10)12-7-2-3-8-13(12)15/h2-9H,17H2,1H3. The van der Waals surface area contributed by atoms with E-state index in [0.29, 0.717) is 0 Å². The molecular weight excluding hydrogens is 281 g/mol. The van der Waals surface area contributed by atoms with Crippen molar-refractivity contribution in [3.63, 3.8) is 0 Å². The maximum absolute atomic E-state index is 13.2. The molecule has 0 radical (unpaired) electrons. The van der Waals surface area contributed by atoms with Crippen LogP contribution in [0, 0.1) is 5.82 Å². The minimum absolute atomic E-state index is 0.272. The van der Waals surface area contributed by atoms with Crippen LogP contribution in [0.1, 0.15) is 18.1 Å². The van der Waals surface area contributed by atoms with Crippen molar-refractivity contribution in [2.24, 2.45) is 5.73 Å². The number of hydrogen-bond acceptors (Lipinski definition) is 1. The van der Waals surface area contributed by atoms with E-state index in [1.165, 1.54) is 12.1 Å². The first-order valence-electron chi connectivity index (χ1n) is 5.32. The summed E-state index contributed by atoms with van der Waals surface area (Å²) in [6, 6.07) is 14.1. The summed E-state index contributed by atoms with van der Waals surface area (Å²) < 4.78 is 14.2. The summed E-state index contributed by atoms with van der Waals surface area (Å²) in [4.78, 5) is 0. The molecule has 0 aliphatic rings. The normalized spacial score (nSPS) is 14.4. The molecule has 2 N–H and O–H groups in total. The van der Waals surface area contributed by atoms with Crippen molar-refractivity contribution in [1.29, 1.82) is 0 Å². The van der Waals surface area contributed by atoms with E-state index in [4.69, 9.17) is 5.73 Å². The molecule has 0 amide bonds. The highest BCUT2D eigenvalue weighted by molar-refractivity contribution is 9.10. The zero-order valence-electron chi connectivity index (χ0n) is 9.45. The molecule has 2 aromatic carbocycles. The molecule has 0 saturated carbocycles. The Bertz CT molecular complexity index is 537. The highest BCUT2D eigenvalue weighted by atomic mass is 79.9. The maximum Gasteiger partial charge on any atom is 0.123 e. The third-order valence-electron chi connectivity index (χ3n) is 2.86. The van der Waals surface area contributed by atoms with E-state index < -0.39 is 5.54 Å². The van der Waals surface area contributed by atoms with E-state index in [2.05, 4.69) is 15.9 Å². The first-order chi connectivity index (χ1) is 8.01. The van der Waals surface area contributed by atoms with Crippen LogP contribution in [-0.2, 0) is 5.54 Å². The number of hydrogen-bond donors (Lipinski definition) is 1. The minimum atomic E-state index is -0.720. The molecule has 2 aromatic rings. The fourth-order valence-corrected chi connectivity index (χ4v) is 2.55. The molecule has 1 unspecified atom stereocenters. The van der Waals surface area contributed by atoms with Crippen molar-refractivity contribution in [3.05, 3.63) is 69.9 Å². The topological polar surface area (TPSA) is 26.0 Å². The molecule has 3 heteroatoms. The number of rotatable bonds is 2. The second kappa shape index (κ2) is 4.59. The predicted octanol–water partition coefficient (Wildman–Crippen LogP) is 3.81. The molecule has 0 fully saturated rings. The smallest absolute Gasteiger partial charge is 0.123 e. The Balaban J connectivity index is 2.53. The lowest BCUT2D eigenvalue weighted by atomic mass is 9.86. The van der Waals surface area contributed by atoms with Crippen LogP contribution in [0.25, 0.3) is 0 Å². The van der Waals surface area contributed by atoms with Crippen LogP contribution >= 0.6 is 15.9 Å². The van der Waals surface area contributed by atoms with Gasteiger partial charge in [-0.2, -0.15) is 0 Å². The lowest BCUT2D eigenvalue weighted by Crippen LogP contribution is -2.34. The molecule has 0 heterocycles. The van der Waals surface area contributed by atoms with Gasteiger partial charge in [0.1, 0.15) is 5.82 Å². The van der Waals surface area contributed by atoms with Crippen molar-refractivity contribution < 1.29 is 4.39 Å². The fraction of sp³-hybridized carbons (Fsp3) is 0.143. The number of benzene rings is 2. The van der Waals surface area contributed by atoms with Crippen LogP contribution in [0.2, 0.25) is 0 Å². The second-order valence-corrected chi connectivity index (χ2v) is 5.05. The molecule has 0 aliphatic carbocycles. The van der Waals surface area contributed by atoms with Gasteiger partial charge < -0.3 is 5.73 Å². The molecule has 0 bridgehead atoms. The zero-order chi connectivity index (χ0) is 12.5. The van der Waals surface area contributed by atoms with Crippen molar-refractivity contribution in [1.82, 2.24) is 0 Å². The minimum Gasteiger partial charge on any atom is -0.318 e. The average Bonchev–Trinajstić information content (AvgIpc) is 2.29. The lowest BCUT2D eigenvalue weighted by molar-refractivity contribution is 0.579. The molecule has 2 rings (SSSR count). The van der Waals surface area contributed by atoms with Gasteiger partial charge in [0.2, 0.25) is 0 Å². The summed E-state index contributed by atoms with van der Waals surface area (Å²) in [5, 5.41) is 0. The van der Waals surface area contributed by atoms with Crippen LogP contribution in [-0.4, -0.2) is 0 Å². The van der Waals surface area contributed by atoms with Gasteiger partial charge in [0.25, 0.3) is 0 Å². The van der Waals surface area contributed by atoms with Gasteiger partial charge in [-0.1, -0.05) is 46.3 Å². The Hall–Kier alpha value is -1.19. The first kappa shape index (κ1) is 12.3. The van der Waals surface area contributed by atoms with Gasteiger partial charge >= 0.3 is 0 Å². The van der Waals surface area contributed by atoms with E-state index in [1.807, 2.05) is 37.3 Å². The molecule has 1 nitrogen and oxygen atoms in total. The number of nitrogens with two attached hydrogens (primary N) is 1. The first-order valence-corrected chi connectivity index (χ1v) is 6.11. The van der Waals surface area contributed by atoms with Crippen LogP contribution in [0.3, 0.4) is 0 Å². The van der Waals surface area contributed by atoms with Gasteiger partial charge in [-0.3, -0.25) is 0 Å². The van der Waals surface area contributed by atoms with E-state index in [1.54, 1.807) is 6.07 Å². The summed E-state index contributed by atoms with van der Waals surface area (Å²) in [7, 11) is 0. The molecule has 1 atom stereocenters. The highest BCUT2D eigenvalue weighted by Gasteiger charge is 2.25. The second-order valence-electron chi connectivity index (χ2n) is 4.19. The molecule has 0 spiro atoms. The summed E-state index contributed by atoms with van der Waals surface area (Å²) >= 11 is 3.47. The fourth-order valence-electron chi connectivity index (χ4n) is 1.85. The third kappa shape index (κ3) is 2.40. The zero-order valence-corrected chi connectivity index (χ0v) is 11.0. The van der Waals surface area contributed by atoms with Crippen LogP contribution in [0.5, 0.6) is 0 Å². The van der Waals surface area contributed by atoms with Crippen molar-refractivity contribution in [3.8, 4) is 0 Å². The van der Waals surface area contributed by atoms with Crippen LogP contribution in [0.4, 0.5) is 4.39 Å². The van der Waals surface area contributed by atoms with Gasteiger partial charge in [0.05, 0.1) is 5.54 Å². The van der Waals surface area contributed by atoms with Gasteiger partial charge in [0, 0.05) is 4.47 Å². The summed E-state index contributed by atoms with van der Waals surface area (Å²) in [5.41, 5.74) is 7.30. The Morgan fingerprint density at radius 3 is 2.47 bits per heavy atom. The molecule has 0 aromatic heterocycles. The van der Waals surface area contributed by atoms with Crippen LogP contribution in [0.15, 0.2) is 53.0 Å². The van der Waals surface area contributed by atoms with Gasteiger partial charge in [-0.15, -0.1) is 0 Å². The number of halogens is 2. The summed E-state index contributed by atoms with van der Waals surface area (Å²) in [6.45, 7) is 1.88. The molecular formula is C14H13BrFN. The van der Waals surface area contributed by atoms with E-state index in [-0.39, 0.29) is 5.82 Å². The third-order valence-corrected chi connectivity index (χ3v) is 3.55. The highest BCUT2D eigenvalue weighted by Crippen LogP contribution is 2.31. The van der Waals surface area contributed by atoms with Crippen molar-refractivity contribution in [2.45, 2.75) is 12.5 Å². The molecule has 88 valence electrons. The van der Waals surface area contributed by atoms with E-state index >= 15 is 0 Å². The molecule has 17 heavy (non-hydrogen) atoms. The predicted molar refractivity (Wildman–Crippen MR) is 71.2 cm³/mol. The Morgan fingerprint density at radius 1 is 1.12 bits per heavy atom. The van der Waals surface area contributed by atoms with Crippen molar-refractivity contribution >= 4 is 15.9 Å². The van der Waals surface area contributed by atoms with Gasteiger partial charge in [0.15, 0.2) is 0 Å². The monoisotopic (exact) mass is 293 g/mol. The Kier molecular flexibility index (Phi) is 3.31. The summed E-state index contributed by atoms with van der Waals surface area (Å²) in [6.07, 6.45) is 0. The van der Waals surface area contributed by atoms with Gasteiger partial charge in [-0.25, -0.2) is 4.39 Å². The molecule has 0 saturated heterocycles. The Labute approximate surface area is 109 Å². The van der Waals surface area contributed by atoms with Crippen LogP contribution < -0.4 is 5.73 Å². The largest absolute Gasteiger partial charge is 0.318 e. The SMILES string of the molecule is CC(N)(c1cccc(F)c1)c1ccccc1Br. The average molecular weight is 294 g/mol.